The quantitative estimate of drug-likeness (QED) is 0.328. The summed E-state index contributed by atoms with van der Waals surface area (Å²) in [6, 6.07) is 20.6. The van der Waals surface area contributed by atoms with Gasteiger partial charge >= 0.3 is 0 Å². The van der Waals surface area contributed by atoms with E-state index < -0.39 is 10.8 Å². The van der Waals surface area contributed by atoms with Crippen LogP contribution in [0.4, 0.5) is 11.6 Å². The van der Waals surface area contributed by atoms with Crippen molar-refractivity contribution < 1.29 is 13.7 Å². The molecular weight excluding hydrogens is 488 g/mol. The number of ether oxygens (including phenoxy) is 1. The largest absolute Gasteiger partial charge is 0.379 e. The van der Waals surface area contributed by atoms with E-state index in [2.05, 4.69) is 25.6 Å². The van der Waals surface area contributed by atoms with Crippen LogP contribution < -0.4 is 10.6 Å². The summed E-state index contributed by atoms with van der Waals surface area (Å²) in [5, 5.41) is 10.8. The first-order chi connectivity index (χ1) is 18.1. The molecule has 1 fully saturated rings. The number of anilines is 2. The van der Waals surface area contributed by atoms with E-state index in [-0.39, 0.29) is 5.91 Å². The van der Waals surface area contributed by atoms with E-state index in [1.807, 2.05) is 54.6 Å². The number of hydrogen-bond donors (Lipinski definition) is 2. The summed E-state index contributed by atoms with van der Waals surface area (Å²) in [5.41, 5.74) is 3.84. The Balaban J connectivity index is 1.21. The molecule has 1 atom stereocenters. The van der Waals surface area contributed by atoms with Crippen molar-refractivity contribution in [3.8, 4) is 11.3 Å². The lowest BCUT2D eigenvalue weighted by Gasteiger charge is -2.26. The summed E-state index contributed by atoms with van der Waals surface area (Å²) >= 11 is 0. The van der Waals surface area contributed by atoms with Crippen LogP contribution in [-0.4, -0.2) is 75.3 Å². The van der Waals surface area contributed by atoms with Crippen LogP contribution in [0.3, 0.4) is 0 Å². The fourth-order valence-electron chi connectivity index (χ4n) is 4.28. The second-order valence-electron chi connectivity index (χ2n) is 8.86. The smallest absolute Gasteiger partial charge is 0.251 e. The fourth-order valence-corrected chi connectivity index (χ4v) is 4.84. The van der Waals surface area contributed by atoms with Gasteiger partial charge in [-0.2, -0.15) is 4.98 Å². The van der Waals surface area contributed by atoms with Crippen LogP contribution in [0.25, 0.3) is 16.9 Å². The number of carbonyl (C=O) groups excluding carboxylic acids is 1. The number of fused-ring (bicyclic) bond motifs is 1. The first kappa shape index (κ1) is 25.1. The molecule has 0 bridgehead atoms. The van der Waals surface area contributed by atoms with Gasteiger partial charge in [0.25, 0.3) is 5.91 Å². The molecule has 0 aliphatic carbocycles. The van der Waals surface area contributed by atoms with Crippen LogP contribution in [0.1, 0.15) is 16.8 Å². The van der Waals surface area contributed by atoms with Gasteiger partial charge in [-0.15, -0.1) is 5.10 Å². The highest BCUT2D eigenvalue weighted by Gasteiger charge is 2.12. The molecule has 1 unspecified atom stereocenters. The molecule has 5 rings (SSSR count). The number of amides is 1. The molecule has 10 heteroatoms. The average Bonchev–Trinajstić information content (AvgIpc) is 3.34. The Morgan fingerprint density at radius 2 is 1.84 bits per heavy atom. The van der Waals surface area contributed by atoms with E-state index >= 15 is 0 Å². The maximum Gasteiger partial charge on any atom is 0.251 e. The maximum atomic E-state index is 12.5. The molecule has 2 N–H and O–H groups in total. The Kier molecular flexibility index (Phi) is 7.88. The molecule has 1 aliphatic rings. The van der Waals surface area contributed by atoms with Crippen LogP contribution in [0.15, 0.2) is 71.6 Å². The first-order valence-corrected chi connectivity index (χ1v) is 13.9. The number of nitrogens with one attached hydrogen (secondary N) is 2. The number of benzene rings is 2. The van der Waals surface area contributed by atoms with E-state index in [1.165, 1.54) is 0 Å². The van der Waals surface area contributed by atoms with Crippen molar-refractivity contribution >= 4 is 34.0 Å². The highest BCUT2D eigenvalue weighted by molar-refractivity contribution is 7.84. The van der Waals surface area contributed by atoms with E-state index in [0.717, 1.165) is 61.1 Å². The van der Waals surface area contributed by atoms with E-state index in [1.54, 1.807) is 22.9 Å². The third-order valence-corrected chi connectivity index (χ3v) is 7.18. The zero-order valence-corrected chi connectivity index (χ0v) is 21.5. The molecule has 192 valence electrons. The molecule has 37 heavy (non-hydrogen) atoms. The standard InChI is InChI=1S/C27H30N6O3S/c1-37(35)23-6-2-5-21(19-23)24-7-3-8-25-30-27(31-33(24)25)29-22-11-9-20(10-12-22)26(34)28-13-4-14-32-15-17-36-18-16-32/h2-3,5-12,19H,4,13-18H2,1H3,(H,28,34)(H,29,31). The van der Waals surface area contributed by atoms with Gasteiger partial charge in [0.15, 0.2) is 5.65 Å². The lowest BCUT2D eigenvalue weighted by molar-refractivity contribution is 0.0374. The Morgan fingerprint density at radius 1 is 1.05 bits per heavy atom. The van der Waals surface area contributed by atoms with Crippen molar-refractivity contribution in [2.75, 3.05) is 51.0 Å². The number of nitrogens with zero attached hydrogens (tertiary/aromatic N) is 4. The predicted octanol–water partition coefficient (Wildman–Crippen LogP) is 3.33. The van der Waals surface area contributed by atoms with Crippen LogP contribution in [0, 0.1) is 0 Å². The SMILES string of the molecule is CS(=O)c1cccc(-c2cccc3nc(Nc4ccc(C(=O)NCCCN5CCOCC5)cc4)nn23)c1. The van der Waals surface area contributed by atoms with Gasteiger partial charge in [0, 0.05) is 58.4 Å². The molecule has 1 amide bonds. The Morgan fingerprint density at radius 3 is 2.62 bits per heavy atom. The van der Waals surface area contributed by atoms with E-state index in [4.69, 9.17) is 4.74 Å². The topological polar surface area (TPSA) is 101 Å². The lowest BCUT2D eigenvalue weighted by atomic mass is 10.1. The molecule has 3 heterocycles. The average molecular weight is 519 g/mol. The highest BCUT2D eigenvalue weighted by atomic mass is 32.2. The predicted molar refractivity (Wildman–Crippen MR) is 145 cm³/mol. The van der Waals surface area contributed by atoms with Crippen molar-refractivity contribution in [1.82, 2.24) is 24.8 Å². The molecule has 2 aromatic carbocycles. The first-order valence-electron chi connectivity index (χ1n) is 12.3. The second-order valence-corrected chi connectivity index (χ2v) is 10.2. The van der Waals surface area contributed by atoms with Crippen molar-refractivity contribution in [2.24, 2.45) is 0 Å². The molecular formula is C27H30N6O3S. The van der Waals surface area contributed by atoms with Gasteiger partial charge in [0.2, 0.25) is 5.95 Å². The van der Waals surface area contributed by atoms with Gasteiger partial charge in [0.05, 0.1) is 18.9 Å². The third kappa shape index (κ3) is 6.22. The molecule has 2 aromatic heterocycles. The van der Waals surface area contributed by atoms with Crippen molar-refractivity contribution in [2.45, 2.75) is 11.3 Å². The minimum absolute atomic E-state index is 0.0840. The summed E-state index contributed by atoms with van der Waals surface area (Å²) in [6.45, 7) is 5.09. The molecule has 0 radical (unpaired) electrons. The Bertz CT molecular complexity index is 1400. The monoisotopic (exact) mass is 518 g/mol. The molecule has 1 saturated heterocycles. The maximum absolute atomic E-state index is 12.5. The number of rotatable bonds is 9. The number of aromatic nitrogens is 3. The zero-order valence-electron chi connectivity index (χ0n) is 20.7. The van der Waals surface area contributed by atoms with Gasteiger partial charge < -0.3 is 15.4 Å². The normalized spacial score (nSPS) is 14.9. The number of pyridine rings is 1. The second kappa shape index (κ2) is 11.6. The summed E-state index contributed by atoms with van der Waals surface area (Å²) in [5.74, 6) is 0.363. The van der Waals surface area contributed by atoms with E-state index in [9.17, 15) is 9.00 Å². The van der Waals surface area contributed by atoms with Crippen LogP contribution in [-0.2, 0) is 15.5 Å². The fraction of sp³-hybridized carbons (Fsp3) is 0.296. The number of morpholine rings is 1. The minimum atomic E-state index is -1.07. The molecule has 9 nitrogen and oxygen atoms in total. The summed E-state index contributed by atoms with van der Waals surface area (Å²) in [7, 11) is -1.07. The summed E-state index contributed by atoms with van der Waals surface area (Å²) < 4.78 is 19.1. The molecule has 0 saturated carbocycles. The van der Waals surface area contributed by atoms with Crippen molar-refractivity contribution in [1.29, 1.82) is 0 Å². The molecule has 0 spiro atoms. The summed E-state index contributed by atoms with van der Waals surface area (Å²) in [4.78, 5) is 20.2. The third-order valence-electron chi connectivity index (χ3n) is 6.27. The molecule has 1 aliphatic heterocycles. The van der Waals surface area contributed by atoms with E-state index in [0.29, 0.717) is 23.7 Å². The van der Waals surface area contributed by atoms with Gasteiger partial charge in [-0.05, 0) is 61.5 Å². The number of carbonyl (C=O) groups is 1. The molecule has 4 aromatic rings. The Hall–Kier alpha value is -3.60. The van der Waals surface area contributed by atoms with Crippen LogP contribution in [0.2, 0.25) is 0 Å². The van der Waals surface area contributed by atoms with Gasteiger partial charge in [-0.3, -0.25) is 13.9 Å². The zero-order chi connectivity index (χ0) is 25.6. The van der Waals surface area contributed by atoms with Crippen molar-refractivity contribution in [3.05, 3.63) is 72.3 Å². The Labute approximate surface area is 218 Å². The highest BCUT2D eigenvalue weighted by Crippen LogP contribution is 2.24. The lowest BCUT2D eigenvalue weighted by Crippen LogP contribution is -2.38. The van der Waals surface area contributed by atoms with Crippen molar-refractivity contribution in [3.63, 3.8) is 0 Å². The van der Waals surface area contributed by atoms with Gasteiger partial charge in [-0.1, -0.05) is 18.2 Å². The van der Waals surface area contributed by atoms with Gasteiger partial charge in [0.1, 0.15) is 0 Å². The van der Waals surface area contributed by atoms with Gasteiger partial charge in [-0.25, -0.2) is 4.52 Å². The van der Waals surface area contributed by atoms with Crippen LogP contribution in [0.5, 0.6) is 0 Å². The van der Waals surface area contributed by atoms with Crippen LogP contribution >= 0.6 is 0 Å². The number of hydrogen-bond acceptors (Lipinski definition) is 7. The summed E-state index contributed by atoms with van der Waals surface area (Å²) in [6.07, 6.45) is 2.58. The minimum Gasteiger partial charge on any atom is -0.379 e.